The van der Waals surface area contributed by atoms with Gasteiger partial charge in [-0.25, -0.2) is 0 Å². The maximum atomic E-state index is 13.0. The molecule has 0 aliphatic rings. The van der Waals surface area contributed by atoms with Gasteiger partial charge in [0, 0.05) is 36.5 Å². The van der Waals surface area contributed by atoms with Crippen LogP contribution in [0.2, 0.25) is 5.02 Å². The van der Waals surface area contributed by atoms with Gasteiger partial charge in [-0.3, -0.25) is 9.59 Å². The molecule has 0 aliphatic heterocycles. The lowest BCUT2D eigenvalue weighted by molar-refractivity contribution is -0.140. The van der Waals surface area contributed by atoms with Gasteiger partial charge in [0.15, 0.2) is 0 Å². The Hall–Kier alpha value is -1.98. The van der Waals surface area contributed by atoms with Crippen molar-refractivity contribution in [3.63, 3.8) is 0 Å². The molecule has 2 aromatic carbocycles. The molecule has 0 bridgehead atoms. The first-order valence-electron chi connectivity index (χ1n) is 9.43. The van der Waals surface area contributed by atoms with Crippen LogP contribution in [0.15, 0.2) is 54.6 Å². The fourth-order valence-electron chi connectivity index (χ4n) is 2.96. The monoisotopic (exact) mass is 418 g/mol. The van der Waals surface area contributed by atoms with E-state index >= 15 is 0 Å². The average Bonchev–Trinajstić information content (AvgIpc) is 2.72. The van der Waals surface area contributed by atoms with Crippen LogP contribution in [0.3, 0.4) is 0 Å². The van der Waals surface area contributed by atoms with Gasteiger partial charge in [0.2, 0.25) is 11.8 Å². The van der Waals surface area contributed by atoms with Crippen LogP contribution < -0.4 is 5.32 Å². The number of nitrogens with one attached hydrogen (secondary N) is 1. The predicted molar refractivity (Wildman–Crippen MR) is 117 cm³/mol. The van der Waals surface area contributed by atoms with Crippen LogP contribution in [0, 0.1) is 0 Å². The molecule has 0 aromatic heterocycles. The van der Waals surface area contributed by atoms with Crippen molar-refractivity contribution in [2.45, 2.75) is 38.1 Å². The Morgan fingerprint density at radius 2 is 1.79 bits per heavy atom. The molecule has 4 nitrogen and oxygen atoms in total. The topological polar surface area (TPSA) is 49.4 Å². The van der Waals surface area contributed by atoms with Crippen molar-refractivity contribution < 1.29 is 9.59 Å². The van der Waals surface area contributed by atoms with Gasteiger partial charge in [0.25, 0.3) is 0 Å². The molecule has 28 heavy (non-hydrogen) atoms. The molecule has 0 saturated heterocycles. The minimum atomic E-state index is -0.507. The molecule has 0 saturated carbocycles. The van der Waals surface area contributed by atoms with Gasteiger partial charge in [0.1, 0.15) is 6.04 Å². The number of hydrogen-bond acceptors (Lipinski definition) is 3. The molecule has 1 atom stereocenters. The van der Waals surface area contributed by atoms with Crippen molar-refractivity contribution in [1.82, 2.24) is 10.2 Å². The number of benzene rings is 2. The van der Waals surface area contributed by atoms with E-state index in [1.54, 1.807) is 29.8 Å². The zero-order valence-corrected chi connectivity index (χ0v) is 17.9. The molecular weight excluding hydrogens is 392 g/mol. The molecule has 2 amide bonds. The van der Waals surface area contributed by atoms with Crippen LogP contribution in [0.25, 0.3) is 0 Å². The first-order chi connectivity index (χ1) is 13.6. The minimum absolute atomic E-state index is 0.0315. The number of halogens is 1. The molecule has 2 rings (SSSR count). The summed E-state index contributed by atoms with van der Waals surface area (Å²) in [5.74, 6) is 1.39. The zero-order chi connectivity index (χ0) is 20.4. The first-order valence-corrected chi connectivity index (χ1v) is 11.0. The average molecular weight is 419 g/mol. The number of amides is 2. The van der Waals surface area contributed by atoms with Crippen molar-refractivity contribution in [2.24, 2.45) is 0 Å². The SMILES string of the molecule is CC[C@@H](C(=O)NC)N(Cc1ccccc1Cl)C(=O)CCSCc1ccccc1. The number of hydrogen-bond donors (Lipinski definition) is 1. The molecule has 150 valence electrons. The molecule has 6 heteroatoms. The van der Waals surface area contributed by atoms with Crippen LogP contribution in [-0.2, 0) is 21.9 Å². The van der Waals surface area contributed by atoms with E-state index in [9.17, 15) is 9.59 Å². The Bertz CT molecular complexity index is 770. The van der Waals surface area contributed by atoms with Gasteiger partial charge in [0.05, 0.1) is 0 Å². The first kappa shape index (κ1) is 22.3. The lowest BCUT2D eigenvalue weighted by atomic mass is 10.1. The molecule has 0 fully saturated rings. The number of likely N-dealkylation sites (N-methyl/N-ethyl adjacent to an activating group) is 1. The van der Waals surface area contributed by atoms with Gasteiger partial charge in [-0.1, -0.05) is 67.1 Å². The molecule has 0 heterocycles. The van der Waals surface area contributed by atoms with Crippen molar-refractivity contribution in [2.75, 3.05) is 12.8 Å². The summed E-state index contributed by atoms with van der Waals surface area (Å²) in [5, 5.41) is 3.27. The highest BCUT2D eigenvalue weighted by molar-refractivity contribution is 7.98. The Balaban J connectivity index is 2.03. The second kappa shape index (κ2) is 11.8. The van der Waals surface area contributed by atoms with Crippen molar-refractivity contribution in [3.05, 3.63) is 70.7 Å². The summed E-state index contributed by atoms with van der Waals surface area (Å²) in [6.07, 6.45) is 0.933. The molecule has 0 aliphatic carbocycles. The summed E-state index contributed by atoms with van der Waals surface area (Å²) in [4.78, 5) is 27.0. The number of nitrogens with zero attached hydrogens (tertiary/aromatic N) is 1. The van der Waals surface area contributed by atoms with Gasteiger partial charge >= 0.3 is 0 Å². The normalized spacial score (nSPS) is 11.7. The second-order valence-electron chi connectivity index (χ2n) is 6.44. The molecular formula is C22H27ClN2O2S. The molecule has 0 unspecified atom stereocenters. The van der Waals surface area contributed by atoms with Crippen LogP contribution in [0.1, 0.15) is 30.9 Å². The third-order valence-corrected chi connectivity index (χ3v) is 5.90. The molecule has 0 spiro atoms. The number of thioether (sulfide) groups is 1. The van der Waals surface area contributed by atoms with Crippen molar-refractivity contribution >= 4 is 35.2 Å². The Morgan fingerprint density at radius 3 is 2.43 bits per heavy atom. The van der Waals surface area contributed by atoms with Crippen molar-refractivity contribution in [3.8, 4) is 0 Å². The summed E-state index contributed by atoms with van der Waals surface area (Å²) in [6, 6.07) is 17.1. The fraction of sp³-hybridized carbons (Fsp3) is 0.364. The number of carbonyl (C=O) groups is 2. The number of rotatable bonds is 10. The maximum absolute atomic E-state index is 13.0. The van der Waals surface area contributed by atoms with E-state index in [1.165, 1.54) is 5.56 Å². The lowest BCUT2D eigenvalue weighted by Crippen LogP contribution is -2.48. The van der Waals surface area contributed by atoms with Gasteiger partial charge in [-0.05, 0) is 23.6 Å². The van der Waals surface area contributed by atoms with Crippen LogP contribution in [0.5, 0.6) is 0 Å². The largest absolute Gasteiger partial charge is 0.357 e. The van der Waals surface area contributed by atoms with Gasteiger partial charge in [-0.2, -0.15) is 11.8 Å². The van der Waals surface area contributed by atoms with E-state index in [-0.39, 0.29) is 11.8 Å². The smallest absolute Gasteiger partial charge is 0.242 e. The van der Waals surface area contributed by atoms with E-state index in [4.69, 9.17) is 11.6 Å². The van der Waals surface area contributed by atoms with Crippen LogP contribution in [0.4, 0.5) is 0 Å². The van der Waals surface area contributed by atoms with E-state index in [0.717, 1.165) is 11.3 Å². The third kappa shape index (κ3) is 6.57. The third-order valence-electron chi connectivity index (χ3n) is 4.50. The summed E-state index contributed by atoms with van der Waals surface area (Å²) >= 11 is 8.01. The van der Waals surface area contributed by atoms with E-state index in [1.807, 2.05) is 43.3 Å². The quantitative estimate of drug-likeness (QED) is 0.577. The van der Waals surface area contributed by atoms with Gasteiger partial charge < -0.3 is 10.2 Å². The second-order valence-corrected chi connectivity index (χ2v) is 7.95. The summed E-state index contributed by atoms with van der Waals surface area (Å²) in [5.41, 5.74) is 2.08. The summed E-state index contributed by atoms with van der Waals surface area (Å²) in [6.45, 7) is 2.24. The highest BCUT2D eigenvalue weighted by atomic mass is 35.5. The maximum Gasteiger partial charge on any atom is 0.242 e. The van der Waals surface area contributed by atoms with Crippen LogP contribution >= 0.6 is 23.4 Å². The van der Waals surface area contributed by atoms with E-state index < -0.39 is 6.04 Å². The molecule has 2 aromatic rings. The summed E-state index contributed by atoms with van der Waals surface area (Å²) in [7, 11) is 1.60. The highest BCUT2D eigenvalue weighted by Gasteiger charge is 2.28. The fourth-order valence-corrected chi connectivity index (χ4v) is 4.05. The highest BCUT2D eigenvalue weighted by Crippen LogP contribution is 2.21. The lowest BCUT2D eigenvalue weighted by Gasteiger charge is -2.30. The van der Waals surface area contributed by atoms with E-state index in [0.29, 0.717) is 30.2 Å². The molecule has 1 N–H and O–H groups in total. The Labute approximate surface area is 176 Å². The summed E-state index contributed by atoms with van der Waals surface area (Å²) < 4.78 is 0. The Morgan fingerprint density at radius 1 is 1.11 bits per heavy atom. The Kier molecular flexibility index (Phi) is 9.38. The van der Waals surface area contributed by atoms with E-state index in [2.05, 4.69) is 17.4 Å². The standard InChI is InChI=1S/C22H27ClN2O2S/c1-3-20(22(27)24-2)25(15-18-11-7-8-12-19(18)23)21(26)13-14-28-16-17-9-5-4-6-10-17/h4-12,20H,3,13-16H2,1-2H3,(H,24,27)/t20-/m0/s1. The minimum Gasteiger partial charge on any atom is -0.357 e. The molecule has 0 radical (unpaired) electrons. The zero-order valence-electron chi connectivity index (χ0n) is 16.4. The van der Waals surface area contributed by atoms with Gasteiger partial charge in [-0.15, -0.1) is 0 Å². The predicted octanol–water partition coefficient (Wildman–Crippen LogP) is 4.52. The number of carbonyl (C=O) groups excluding carboxylic acids is 2. The van der Waals surface area contributed by atoms with Crippen molar-refractivity contribution in [1.29, 1.82) is 0 Å². The van der Waals surface area contributed by atoms with Crippen LogP contribution in [-0.4, -0.2) is 35.6 Å².